The van der Waals surface area contributed by atoms with E-state index < -0.39 is 0 Å². The summed E-state index contributed by atoms with van der Waals surface area (Å²) in [6.45, 7) is 13.3. The lowest BCUT2D eigenvalue weighted by molar-refractivity contribution is 0.664. The lowest BCUT2D eigenvalue weighted by Crippen LogP contribution is -2.05. The van der Waals surface area contributed by atoms with E-state index in [4.69, 9.17) is 0 Å². The first-order valence-electron chi connectivity index (χ1n) is 17.9. The van der Waals surface area contributed by atoms with Crippen molar-refractivity contribution in [3.05, 3.63) is 174 Å². The fraction of sp³-hybridized carbons (Fsp3) is 0.143. The van der Waals surface area contributed by atoms with Gasteiger partial charge in [-0.1, -0.05) is 123 Å². The Kier molecular flexibility index (Phi) is 8.21. The summed E-state index contributed by atoms with van der Waals surface area (Å²) >= 11 is 0. The summed E-state index contributed by atoms with van der Waals surface area (Å²) in [4.78, 5) is 0. The Balaban J connectivity index is 1.20. The van der Waals surface area contributed by atoms with Crippen molar-refractivity contribution in [2.75, 3.05) is 0 Å². The Hall–Kier alpha value is -5.66. The third kappa shape index (κ3) is 5.44. The molecule has 0 radical (unpaired) electrons. The fourth-order valence-corrected chi connectivity index (χ4v) is 8.05. The third-order valence-electron chi connectivity index (χ3n) is 10.8. The monoisotopic (exact) mass is 645 g/mol. The van der Waals surface area contributed by atoms with Gasteiger partial charge < -0.3 is 4.57 Å². The second-order valence-electron chi connectivity index (χ2n) is 13.8. The Morgan fingerprint density at radius 1 is 0.640 bits per heavy atom. The molecular weight excluding hydrogens is 603 g/mol. The molecule has 244 valence electrons. The molecule has 0 saturated heterocycles. The lowest BCUT2D eigenvalue weighted by atomic mass is 9.82. The normalized spacial score (nSPS) is 14.5. The molecule has 0 N–H and O–H groups in total. The molecule has 1 unspecified atom stereocenters. The number of nitrogens with zero attached hydrogens (tertiary/aromatic N) is 1. The first kappa shape index (κ1) is 31.6. The van der Waals surface area contributed by atoms with Crippen LogP contribution in [0, 0.1) is 19.8 Å². The van der Waals surface area contributed by atoms with Crippen molar-refractivity contribution in [1.82, 2.24) is 4.57 Å². The Labute approximate surface area is 296 Å². The van der Waals surface area contributed by atoms with Gasteiger partial charge in [0.2, 0.25) is 0 Å². The van der Waals surface area contributed by atoms with Gasteiger partial charge in [0.15, 0.2) is 0 Å². The van der Waals surface area contributed by atoms with Crippen LogP contribution in [-0.2, 0) is 0 Å². The van der Waals surface area contributed by atoms with Gasteiger partial charge in [0, 0.05) is 16.5 Å². The maximum atomic E-state index is 4.22. The average Bonchev–Trinajstić information content (AvgIpc) is 3.49. The van der Waals surface area contributed by atoms with Crippen molar-refractivity contribution in [3.63, 3.8) is 0 Å². The van der Waals surface area contributed by atoms with Gasteiger partial charge in [0.1, 0.15) is 0 Å². The predicted octanol–water partition coefficient (Wildman–Crippen LogP) is 13.8. The summed E-state index contributed by atoms with van der Waals surface area (Å²) in [7, 11) is 0. The van der Waals surface area contributed by atoms with Gasteiger partial charge in [-0.2, -0.15) is 0 Å². The number of aromatic nitrogens is 1. The van der Waals surface area contributed by atoms with Crippen LogP contribution in [0.25, 0.3) is 72.5 Å². The molecule has 0 aliphatic heterocycles. The lowest BCUT2D eigenvalue weighted by Gasteiger charge is -2.23. The quantitative estimate of drug-likeness (QED) is 0.163. The van der Waals surface area contributed by atoms with Crippen molar-refractivity contribution in [3.8, 4) is 39.1 Å². The van der Waals surface area contributed by atoms with E-state index in [2.05, 4.69) is 178 Å². The third-order valence-corrected chi connectivity index (χ3v) is 10.8. The first-order chi connectivity index (χ1) is 24.4. The van der Waals surface area contributed by atoms with Crippen LogP contribution in [-0.4, -0.2) is 4.57 Å². The van der Waals surface area contributed by atoms with E-state index in [1.54, 1.807) is 0 Å². The molecule has 50 heavy (non-hydrogen) atoms. The van der Waals surface area contributed by atoms with Gasteiger partial charge in [0.25, 0.3) is 0 Å². The van der Waals surface area contributed by atoms with Gasteiger partial charge >= 0.3 is 0 Å². The van der Waals surface area contributed by atoms with Crippen LogP contribution in [0.1, 0.15) is 48.9 Å². The van der Waals surface area contributed by atoms with E-state index in [1.807, 2.05) is 6.08 Å². The molecule has 1 heterocycles. The summed E-state index contributed by atoms with van der Waals surface area (Å²) in [5, 5.41) is 2.54. The zero-order valence-corrected chi connectivity index (χ0v) is 29.5. The molecular formula is C49H43N. The molecule has 1 aliphatic rings. The van der Waals surface area contributed by atoms with Crippen LogP contribution < -0.4 is 0 Å². The number of para-hydroxylation sites is 2. The highest BCUT2D eigenvalue weighted by Crippen LogP contribution is 2.40. The van der Waals surface area contributed by atoms with Gasteiger partial charge in [0.05, 0.1) is 11.0 Å². The van der Waals surface area contributed by atoms with Crippen LogP contribution in [0.5, 0.6) is 0 Å². The first-order valence-corrected chi connectivity index (χ1v) is 17.9. The maximum absolute atomic E-state index is 4.22. The average molecular weight is 646 g/mol. The number of hydrogen-bond donors (Lipinski definition) is 0. The topological polar surface area (TPSA) is 4.93 Å². The molecule has 7 aromatic rings. The Morgan fingerprint density at radius 3 is 1.94 bits per heavy atom. The molecule has 1 aliphatic carbocycles. The van der Waals surface area contributed by atoms with Gasteiger partial charge in [-0.3, -0.25) is 0 Å². The maximum Gasteiger partial charge on any atom is 0.0541 e. The fourth-order valence-electron chi connectivity index (χ4n) is 8.05. The van der Waals surface area contributed by atoms with E-state index in [9.17, 15) is 0 Å². The molecule has 8 rings (SSSR count). The number of rotatable bonds is 7. The summed E-state index contributed by atoms with van der Waals surface area (Å²) < 4.78 is 2.38. The molecule has 0 amide bonds. The summed E-state index contributed by atoms with van der Waals surface area (Å²) in [6.07, 6.45) is 8.85. The molecule has 0 spiro atoms. The number of benzene rings is 6. The van der Waals surface area contributed by atoms with Gasteiger partial charge in [-0.25, -0.2) is 0 Å². The molecule has 0 bridgehead atoms. The van der Waals surface area contributed by atoms with Crippen molar-refractivity contribution < 1.29 is 0 Å². The minimum atomic E-state index is 0.576. The van der Waals surface area contributed by atoms with Gasteiger partial charge in [-0.05, 0) is 142 Å². The predicted molar refractivity (Wildman–Crippen MR) is 217 cm³/mol. The number of hydrogen-bond acceptors (Lipinski definition) is 0. The molecule has 0 saturated carbocycles. The van der Waals surface area contributed by atoms with Crippen LogP contribution in [0.2, 0.25) is 0 Å². The highest BCUT2D eigenvalue weighted by molar-refractivity contribution is 6.10. The zero-order chi connectivity index (χ0) is 34.4. The summed E-state index contributed by atoms with van der Waals surface area (Å²) in [6, 6.07) is 47.1. The summed E-state index contributed by atoms with van der Waals surface area (Å²) in [5.74, 6) is 0.576. The van der Waals surface area contributed by atoms with Crippen LogP contribution in [0.4, 0.5) is 0 Å². The highest BCUT2D eigenvalue weighted by atomic mass is 15.0. The zero-order valence-electron chi connectivity index (χ0n) is 29.5. The standard InChI is InChI=1S/C49H43N/c1-6-35-28-36(24-26-42(35)43-18-13-14-32(3)41(43)7-2)37-22-20-33(4)45(29-37)46-30-38(23-21-34(46)5)39-25-27-49-47(31-39)44-17-11-12-19-48(44)50(49)40-15-9-8-10-16-40/h6,8-13,15-32H,1,7,14H2,2-5H3. The number of fused-ring (bicyclic) bond motifs is 3. The van der Waals surface area contributed by atoms with Gasteiger partial charge in [-0.15, -0.1) is 0 Å². The smallest absolute Gasteiger partial charge is 0.0541 e. The molecule has 1 aromatic heterocycles. The molecule has 1 nitrogen and oxygen atoms in total. The Morgan fingerprint density at radius 2 is 1.24 bits per heavy atom. The second-order valence-corrected chi connectivity index (χ2v) is 13.8. The van der Waals surface area contributed by atoms with E-state index in [-0.39, 0.29) is 0 Å². The number of aryl methyl sites for hydroxylation is 2. The van der Waals surface area contributed by atoms with E-state index >= 15 is 0 Å². The van der Waals surface area contributed by atoms with Crippen LogP contribution in [0.3, 0.4) is 0 Å². The Bertz CT molecular complexity index is 2480. The largest absolute Gasteiger partial charge is 0.309 e. The molecule has 6 aromatic carbocycles. The van der Waals surface area contributed by atoms with Crippen LogP contribution in [0.15, 0.2) is 152 Å². The molecule has 0 fully saturated rings. The van der Waals surface area contributed by atoms with Crippen molar-refractivity contribution in [1.29, 1.82) is 0 Å². The van der Waals surface area contributed by atoms with Crippen molar-refractivity contribution in [2.45, 2.75) is 40.5 Å². The minimum absolute atomic E-state index is 0.576. The highest BCUT2D eigenvalue weighted by Gasteiger charge is 2.18. The van der Waals surface area contributed by atoms with Crippen LogP contribution >= 0.6 is 0 Å². The molecule has 1 atom stereocenters. The summed E-state index contributed by atoms with van der Waals surface area (Å²) in [5.41, 5.74) is 19.0. The van der Waals surface area contributed by atoms with Crippen molar-refractivity contribution in [2.24, 2.45) is 5.92 Å². The van der Waals surface area contributed by atoms with E-state index in [1.165, 1.54) is 94.3 Å². The van der Waals surface area contributed by atoms with Crippen molar-refractivity contribution >= 4 is 33.5 Å². The molecule has 1 heteroatoms. The number of allylic oxidation sites excluding steroid dienone is 4. The van der Waals surface area contributed by atoms with E-state index in [0.717, 1.165) is 12.8 Å². The minimum Gasteiger partial charge on any atom is -0.309 e. The van der Waals surface area contributed by atoms with E-state index in [0.29, 0.717) is 5.92 Å². The second kappa shape index (κ2) is 13.0. The SMILES string of the molecule is C=Cc1cc(-c2ccc(C)c(-c3cc(-c4ccc5c(c4)c4ccccc4n5-c4ccccc4)ccc3C)c2)ccc1C1=C(CC)C(C)CC=C1.